The van der Waals surface area contributed by atoms with Crippen LogP contribution < -0.4 is 15.1 Å². The molecule has 2 heterocycles. The predicted molar refractivity (Wildman–Crippen MR) is 125 cm³/mol. The molecule has 1 saturated heterocycles. The average molecular weight is 477 g/mol. The number of amides is 2. The molecule has 1 fully saturated rings. The number of hydrogen-bond donors (Lipinski definition) is 1. The minimum atomic E-state index is -3.70. The van der Waals surface area contributed by atoms with Crippen LogP contribution in [0.5, 0.6) is 0 Å². The van der Waals surface area contributed by atoms with Crippen molar-refractivity contribution in [2.24, 2.45) is 0 Å². The van der Waals surface area contributed by atoms with Crippen LogP contribution >= 0.6 is 11.6 Å². The van der Waals surface area contributed by atoms with E-state index in [9.17, 15) is 18.0 Å². The number of piperidine rings is 1. The van der Waals surface area contributed by atoms with Crippen molar-refractivity contribution in [2.75, 3.05) is 42.3 Å². The maximum absolute atomic E-state index is 13.4. The van der Waals surface area contributed by atoms with Crippen molar-refractivity contribution in [3.63, 3.8) is 0 Å². The first-order valence-electron chi connectivity index (χ1n) is 10.4. The number of benzene rings is 2. The molecular formula is C22H25ClN4O4S. The van der Waals surface area contributed by atoms with Crippen molar-refractivity contribution in [3.8, 4) is 0 Å². The van der Waals surface area contributed by atoms with Gasteiger partial charge in [-0.1, -0.05) is 11.6 Å². The number of sulfonamides is 1. The van der Waals surface area contributed by atoms with Gasteiger partial charge in [0.1, 0.15) is 12.6 Å². The molecule has 0 aliphatic carbocycles. The normalized spacial score (nSPS) is 18.4. The fraction of sp³-hybridized carbons (Fsp3) is 0.364. The van der Waals surface area contributed by atoms with Gasteiger partial charge in [0.2, 0.25) is 21.8 Å². The standard InChI is InChI=1S/C22H25ClN4O4S/c1-25(2)32(30,31)17-10-11-18-20(13-17)27(22(29)19-5-3-4-12-26(18)19)14-21(28)24-16-8-6-15(23)7-9-16/h6-11,13,19H,3-5,12,14H2,1-2H3,(H,24,28). The maximum atomic E-state index is 13.4. The number of anilines is 3. The van der Waals surface area contributed by atoms with Gasteiger partial charge in [-0.15, -0.1) is 0 Å². The van der Waals surface area contributed by atoms with E-state index >= 15 is 0 Å². The van der Waals surface area contributed by atoms with Crippen LogP contribution in [0.25, 0.3) is 0 Å². The summed E-state index contributed by atoms with van der Waals surface area (Å²) in [5, 5.41) is 3.32. The highest BCUT2D eigenvalue weighted by Crippen LogP contribution is 2.40. The SMILES string of the molecule is CN(C)S(=O)(=O)c1ccc2c(c1)N(CC(=O)Nc1ccc(Cl)cc1)C(=O)C1CCCCN21. The smallest absolute Gasteiger partial charge is 0.250 e. The molecule has 0 saturated carbocycles. The zero-order valence-electron chi connectivity index (χ0n) is 17.9. The molecule has 1 unspecified atom stereocenters. The van der Waals surface area contributed by atoms with Crippen LogP contribution in [0, 0.1) is 0 Å². The molecule has 0 aromatic heterocycles. The van der Waals surface area contributed by atoms with Crippen LogP contribution in [-0.4, -0.2) is 57.8 Å². The van der Waals surface area contributed by atoms with Gasteiger partial charge < -0.3 is 10.2 Å². The van der Waals surface area contributed by atoms with Gasteiger partial charge in [0.25, 0.3) is 0 Å². The molecule has 8 nitrogen and oxygen atoms in total. The first-order chi connectivity index (χ1) is 15.2. The topological polar surface area (TPSA) is 90.0 Å². The molecule has 2 aliphatic heterocycles. The van der Waals surface area contributed by atoms with Crippen LogP contribution in [0.4, 0.5) is 17.1 Å². The van der Waals surface area contributed by atoms with Crippen molar-refractivity contribution in [2.45, 2.75) is 30.2 Å². The van der Waals surface area contributed by atoms with E-state index in [0.717, 1.165) is 22.8 Å². The summed E-state index contributed by atoms with van der Waals surface area (Å²) >= 11 is 5.90. The average Bonchev–Trinajstić information content (AvgIpc) is 2.77. The lowest BCUT2D eigenvalue weighted by molar-refractivity contribution is -0.123. The Hall–Kier alpha value is -2.62. The zero-order valence-corrected chi connectivity index (χ0v) is 19.5. The highest BCUT2D eigenvalue weighted by molar-refractivity contribution is 7.89. The summed E-state index contributed by atoms with van der Waals surface area (Å²) in [6.45, 7) is 0.498. The third kappa shape index (κ3) is 4.20. The van der Waals surface area contributed by atoms with E-state index < -0.39 is 10.0 Å². The van der Waals surface area contributed by atoms with Gasteiger partial charge in [0, 0.05) is 31.4 Å². The third-order valence-corrected chi connectivity index (χ3v) is 7.87. The van der Waals surface area contributed by atoms with Crippen LogP contribution in [0.3, 0.4) is 0 Å². The lowest BCUT2D eigenvalue weighted by Crippen LogP contribution is -2.56. The third-order valence-electron chi connectivity index (χ3n) is 5.81. The molecule has 2 aromatic carbocycles. The molecular weight excluding hydrogens is 452 g/mol. The molecule has 32 heavy (non-hydrogen) atoms. The Morgan fingerprint density at radius 3 is 2.53 bits per heavy atom. The van der Waals surface area contributed by atoms with E-state index in [4.69, 9.17) is 11.6 Å². The quantitative estimate of drug-likeness (QED) is 0.716. The molecule has 1 N–H and O–H groups in total. The molecule has 0 spiro atoms. The molecule has 2 aromatic rings. The van der Waals surface area contributed by atoms with Crippen molar-refractivity contribution in [3.05, 3.63) is 47.5 Å². The number of carbonyl (C=O) groups is 2. The highest BCUT2D eigenvalue weighted by atomic mass is 35.5. The molecule has 2 amide bonds. The molecule has 1 atom stereocenters. The zero-order chi connectivity index (χ0) is 23.0. The Labute approximate surface area is 192 Å². The molecule has 2 aliphatic rings. The van der Waals surface area contributed by atoms with E-state index in [0.29, 0.717) is 29.4 Å². The Kier molecular flexibility index (Phi) is 6.15. The first kappa shape index (κ1) is 22.6. The number of nitrogens with one attached hydrogen (secondary N) is 1. The van der Waals surface area contributed by atoms with Crippen LogP contribution in [-0.2, 0) is 19.6 Å². The Bertz CT molecular complexity index is 1150. The Balaban J connectivity index is 1.70. The summed E-state index contributed by atoms with van der Waals surface area (Å²) < 4.78 is 26.5. The van der Waals surface area contributed by atoms with Crippen molar-refractivity contribution in [1.29, 1.82) is 0 Å². The number of rotatable bonds is 5. The minimum absolute atomic E-state index is 0.0765. The molecule has 10 heteroatoms. The van der Waals surface area contributed by atoms with E-state index in [2.05, 4.69) is 5.32 Å². The van der Waals surface area contributed by atoms with Gasteiger partial charge in [0.15, 0.2) is 0 Å². The molecule has 170 valence electrons. The van der Waals surface area contributed by atoms with Gasteiger partial charge in [-0.05, 0) is 61.7 Å². The second-order valence-corrected chi connectivity index (χ2v) is 10.7. The lowest BCUT2D eigenvalue weighted by Gasteiger charge is -2.45. The summed E-state index contributed by atoms with van der Waals surface area (Å²) in [5.74, 6) is -0.570. The Morgan fingerprint density at radius 1 is 1.12 bits per heavy atom. The van der Waals surface area contributed by atoms with Gasteiger partial charge in [-0.2, -0.15) is 0 Å². The number of halogens is 1. The van der Waals surface area contributed by atoms with Gasteiger partial charge >= 0.3 is 0 Å². The van der Waals surface area contributed by atoms with E-state index in [-0.39, 0.29) is 29.3 Å². The molecule has 4 rings (SSSR count). The Morgan fingerprint density at radius 2 is 1.84 bits per heavy atom. The second-order valence-electron chi connectivity index (χ2n) is 8.12. The monoisotopic (exact) mass is 476 g/mol. The van der Waals surface area contributed by atoms with Crippen LogP contribution in [0.2, 0.25) is 5.02 Å². The summed E-state index contributed by atoms with van der Waals surface area (Å²) in [6, 6.07) is 11.1. The largest absolute Gasteiger partial charge is 0.358 e. The summed E-state index contributed by atoms with van der Waals surface area (Å²) in [6.07, 6.45) is 2.59. The number of hydrogen-bond acceptors (Lipinski definition) is 5. The first-order valence-corrected chi connectivity index (χ1v) is 12.2. The summed E-state index contributed by atoms with van der Waals surface area (Å²) in [7, 11) is -0.785. The maximum Gasteiger partial charge on any atom is 0.250 e. The highest BCUT2D eigenvalue weighted by Gasteiger charge is 2.40. The van der Waals surface area contributed by atoms with Gasteiger partial charge in [-0.25, -0.2) is 12.7 Å². The van der Waals surface area contributed by atoms with Crippen LogP contribution in [0.1, 0.15) is 19.3 Å². The number of carbonyl (C=O) groups excluding carboxylic acids is 2. The summed E-state index contributed by atoms with van der Waals surface area (Å²) in [4.78, 5) is 29.7. The molecule has 0 bridgehead atoms. The van der Waals surface area contributed by atoms with Gasteiger partial charge in [-0.3, -0.25) is 14.5 Å². The van der Waals surface area contributed by atoms with Crippen LogP contribution in [0.15, 0.2) is 47.4 Å². The van der Waals surface area contributed by atoms with Crippen molar-refractivity contribution >= 4 is 50.5 Å². The second kappa shape index (κ2) is 8.73. The summed E-state index contributed by atoms with van der Waals surface area (Å²) in [5.41, 5.74) is 1.76. The fourth-order valence-electron chi connectivity index (χ4n) is 4.15. The lowest BCUT2D eigenvalue weighted by atomic mass is 9.96. The fourth-order valence-corrected chi connectivity index (χ4v) is 5.20. The van der Waals surface area contributed by atoms with E-state index in [1.54, 1.807) is 36.4 Å². The minimum Gasteiger partial charge on any atom is -0.358 e. The molecule has 0 radical (unpaired) electrons. The van der Waals surface area contributed by atoms with Gasteiger partial charge in [0.05, 0.1) is 16.3 Å². The van der Waals surface area contributed by atoms with Crippen molar-refractivity contribution < 1.29 is 18.0 Å². The number of fused-ring (bicyclic) bond motifs is 3. The van der Waals surface area contributed by atoms with Crippen molar-refractivity contribution in [1.82, 2.24) is 4.31 Å². The number of nitrogens with zero attached hydrogens (tertiary/aromatic N) is 3. The van der Waals surface area contributed by atoms with E-state index in [1.807, 2.05) is 4.90 Å². The van der Waals surface area contributed by atoms with E-state index in [1.165, 1.54) is 25.1 Å². The predicted octanol–water partition coefficient (Wildman–Crippen LogP) is 2.93.